The minimum absolute atomic E-state index is 0.149. The summed E-state index contributed by atoms with van der Waals surface area (Å²) in [5.74, 6) is -0.149. The summed E-state index contributed by atoms with van der Waals surface area (Å²) < 4.78 is 39.4. The summed E-state index contributed by atoms with van der Waals surface area (Å²) in [6.07, 6.45) is -3.71. The molecule has 166 valence electrons. The summed E-state index contributed by atoms with van der Waals surface area (Å²) in [6.45, 7) is 7.33. The fourth-order valence-electron chi connectivity index (χ4n) is 3.65. The van der Waals surface area contributed by atoms with Crippen LogP contribution in [0.5, 0.6) is 0 Å². The van der Waals surface area contributed by atoms with Crippen molar-refractivity contribution in [1.82, 2.24) is 5.32 Å². The summed E-state index contributed by atoms with van der Waals surface area (Å²) in [5, 5.41) is 5.60. The van der Waals surface area contributed by atoms with Crippen molar-refractivity contribution in [2.75, 3.05) is 10.2 Å². The van der Waals surface area contributed by atoms with Gasteiger partial charge in [-0.1, -0.05) is 12.1 Å². The molecule has 1 atom stereocenters. The molecule has 0 aromatic heterocycles. The second-order valence-electron chi connectivity index (χ2n) is 8.74. The van der Waals surface area contributed by atoms with Crippen molar-refractivity contribution in [2.45, 2.75) is 58.3 Å². The van der Waals surface area contributed by atoms with Crippen LogP contribution in [0.2, 0.25) is 0 Å². The Morgan fingerprint density at radius 1 is 1.06 bits per heavy atom. The molecule has 8 heteroatoms. The van der Waals surface area contributed by atoms with Gasteiger partial charge in [0, 0.05) is 23.3 Å². The van der Waals surface area contributed by atoms with Crippen LogP contribution in [-0.4, -0.2) is 17.5 Å². The monoisotopic (exact) mass is 433 g/mol. The molecule has 31 heavy (non-hydrogen) atoms. The number of fused-ring (bicyclic) bond motifs is 1. The normalized spacial score (nSPS) is 15.3. The Bertz CT molecular complexity index is 996. The van der Waals surface area contributed by atoms with Crippen LogP contribution in [0.3, 0.4) is 0 Å². The third-order valence-corrected chi connectivity index (χ3v) is 5.05. The van der Waals surface area contributed by atoms with Gasteiger partial charge >= 0.3 is 12.2 Å². The first-order valence-corrected chi connectivity index (χ1v) is 10.1. The van der Waals surface area contributed by atoms with Crippen LogP contribution < -0.4 is 15.5 Å². The van der Waals surface area contributed by atoms with Crippen molar-refractivity contribution in [3.63, 3.8) is 0 Å². The largest absolute Gasteiger partial charge is 0.416 e. The molecular formula is C23H26F3N3O2. The zero-order chi connectivity index (χ0) is 23.0. The van der Waals surface area contributed by atoms with E-state index in [-0.39, 0.29) is 23.9 Å². The van der Waals surface area contributed by atoms with Crippen molar-refractivity contribution < 1.29 is 22.8 Å². The molecule has 0 spiro atoms. The number of halogens is 3. The number of alkyl halides is 3. The minimum atomic E-state index is -4.45. The van der Waals surface area contributed by atoms with Crippen molar-refractivity contribution in [1.29, 1.82) is 0 Å². The van der Waals surface area contributed by atoms with E-state index in [1.54, 1.807) is 31.2 Å². The molecule has 0 saturated carbocycles. The molecular weight excluding hydrogens is 407 g/mol. The van der Waals surface area contributed by atoms with Crippen molar-refractivity contribution in [3.05, 3.63) is 59.2 Å². The van der Waals surface area contributed by atoms with Gasteiger partial charge in [0.1, 0.15) is 0 Å². The maximum absolute atomic E-state index is 13.1. The Morgan fingerprint density at radius 3 is 2.42 bits per heavy atom. The third kappa shape index (κ3) is 5.37. The van der Waals surface area contributed by atoms with E-state index in [0.29, 0.717) is 23.4 Å². The number of hydrogen-bond donors (Lipinski definition) is 2. The average molecular weight is 433 g/mol. The highest BCUT2D eigenvalue weighted by Gasteiger charge is 2.33. The van der Waals surface area contributed by atoms with Crippen LogP contribution in [0.15, 0.2) is 42.5 Å². The molecule has 5 nitrogen and oxygen atoms in total. The van der Waals surface area contributed by atoms with Gasteiger partial charge in [-0.05, 0) is 75.6 Å². The molecule has 2 aromatic carbocycles. The number of carbonyl (C=O) groups is 2. The van der Waals surface area contributed by atoms with Gasteiger partial charge in [0.05, 0.1) is 11.6 Å². The van der Waals surface area contributed by atoms with E-state index < -0.39 is 17.8 Å². The molecule has 3 amide bonds. The first kappa shape index (κ1) is 22.7. The summed E-state index contributed by atoms with van der Waals surface area (Å²) in [6, 6.07) is 9.34. The number of anilines is 2. The minimum Gasteiger partial charge on any atom is -0.333 e. The predicted molar refractivity (Wildman–Crippen MR) is 114 cm³/mol. The molecule has 3 rings (SSSR count). The van der Waals surface area contributed by atoms with Crippen molar-refractivity contribution in [2.24, 2.45) is 0 Å². The van der Waals surface area contributed by atoms with Crippen LogP contribution in [0.25, 0.3) is 0 Å². The maximum Gasteiger partial charge on any atom is 0.416 e. The fourth-order valence-corrected chi connectivity index (χ4v) is 3.65. The van der Waals surface area contributed by atoms with E-state index in [1.807, 2.05) is 20.8 Å². The lowest BCUT2D eigenvalue weighted by Gasteiger charge is -2.35. The average Bonchev–Trinajstić information content (AvgIpc) is 2.65. The van der Waals surface area contributed by atoms with Crippen LogP contribution in [0.1, 0.15) is 56.8 Å². The molecule has 0 fully saturated rings. The molecule has 0 aliphatic carbocycles. The van der Waals surface area contributed by atoms with Gasteiger partial charge < -0.3 is 15.5 Å². The second-order valence-corrected chi connectivity index (χ2v) is 8.74. The second kappa shape index (κ2) is 8.24. The highest BCUT2D eigenvalue weighted by Crippen LogP contribution is 2.38. The van der Waals surface area contributed by atoms with E-state index in [1.165, 1.54) is 11.0 Å². The summed E-state index contributed by atoms with van der Waals surface area (Å²) in [7, 11) is 0. The third-order valence-electron chi connectivity index (χ3n) is 5.05. The Labute approximate surface area is 179 Å². The lowest BCUT2D eigenvalue weighted by Crippen LogP contribution is -2.43. The van der Waals surface area contributed by atoms with Crippen LogP contribution >= 0.6 is 0 Å². The van der Waals surface area contributed by atoms with Crippen molar-refractivity contribution >= 4 is 23.3 Å². The molecule has 0 unspecified atom stereocenters. The fraction of sp³-hybridized carbons (Fsp3) is 0.391. The van der Waals surface area contributed by atoms with Gasteiger partial charge in [0.25, 0.3) is 0 Å². The van der Waals surface area contributed by atoms with E-state index in [4.69, 9.17) is 0 Å². The first-order chi connectivity index (χ1) is 14.3. The zero-order valence-electron chi connectivity index (χ0n) is 17.9. The van der Waals surface area contributed by atoms with Gasteiger partial charge in [-0.25, -0.2) is 4.79 Å². The summed E-state index contributed by atoms with van der Waals surface area (Å²) >= 11 is 0. The number of nitrogens with one attached hydrogen (secondary N) is 2. The molecule has 1 heterocycles. The Kier molecular flexibility index (Phi) is 6.02. The summed E-state index contributed by atoms with van der Waals surface area (Å²) in [5.41, 5.74) is 1.35. The number of hydrogen-bond acceptors (Lipinski definition) is 2. The lowest BCUT2D eigenvalue weighted by molar-refractivity contribution is -0.137. The molecule has 2 aromatic rings. The molecule has 0 radical (unpaired) electrons. The smallest absolute Gasteiger partial charge is 0.333 e. The molecule has 1 aliphatic heterocycles. The molecule has 0 saturated heterocycles. The molecule has 0 bridgehead atoms. The van der Waals surface area contributed by atoms with E-state index in [0.717, 1.165) is 17.7 Å². The number of amides is 3. The number of rotatable bonds is 3. The number of aryl methyl sites for hydroxylation is 1. The quantitative estimate of drug-likeness (QED) is 0.656. The van der Waals surface area contributed by atoms with Gasteiger partial charge in [-0.3, -0.25) is 4.79 Å². The lowest BCUT2D eigenvalue weighted by atomic mass is 9.96. The summed E-state index contributed by atoms with van der Waals surface area (Å²) in [4.78, 5) is 26.4. The number of benzene rings is 2. The Hall–Kier alpha value is -3.03. The van der Waals surface area contributed by atoms with Crippen LogP contribution in [-0.2, 0) is 17.4 Å². The van der Waals surface area contributed by atoms with E-state index in [9.17, 15) is 22.8 Å². The SMILES string of the molecule is C[C@@H](c1cccc(C(F)(F)F)c1)N1C(=O)CCc2cc(NC(=O)NC(C)(C)C)ccc21. The highest BCUT2D eigenvalue weighted by atomic mass is 19.4. The maximum atomic E-state index is 13.1. The predicted octanol–water partition coefficient (Wildman–Crippen LogP) is 5.67. The van der Waals surface area contributed by atoms with Crippen molar-refractivity contribution in [3.8, 4) is 0 Å². The highest BCUT2D eigenvalue weighted by molar-refractivity contribution is 5.98. The Morgan fingerprint density at radius 2 is 1.77 bits per heavy atom. The molecule has 1 aliphatic rings. The van der Waals surface area contributed by atoms with Gasteiger partial charge in [-0.15, -0.1) is 0 Å². The van der Waals surface area contributed by atoms with Crippen LogP contribution in [0, 0.1) is 0 Å². The van der Waals surface area contributed by atoms with Gasteiger partial charge in [0.15, 0.2) is 0 Å². The van der Waals surface area contributed by atoms with Crippen LogP contribution in [0.4, 0.5) is 29.3 Å². The molecule has 2 N–H and O–H groups in total. The van der Waals surface area contributed by atoms with E-state index in [2.05, 4.69) is 10.6 Å². The standard InChI is InChI=1S/C23H26F3N3O2/c1-14(15-6-5-7-17(12-15)23(24,25)26)29-19-10-9-18(13-16(19)8-11-20(29)30)27-21(31)28-22(2,3)4/h5-7,9-10,12-14H,8,11H2,1-4H3,(H2,27,28,31)/t14-/m0/s1. The number of nitrogens with zero attached hydrogens (tertiary/aromatic N) is 1. The Balaban J connectivity index is 1.88. The van der Waals surface area contributed by atoms with Gasteiger partial charge in [0.2, 0.25) is 5.91 Å². The van der Waals surface area contributed by atoms with E-state index >= 15 is 0 Å². The number of urea groups is 1. The topological polar surface area (TPSA) is 61.4 Å². The number of carbonyl (C=O) groups excluding carboxylic acids is 2. The first-order valence-electron chi connectivity index (χ1n) is 10.1. The zero-order valence-corrected chi connectivity index (χ0v) is 17.9. The van der Waals surface area contributed by atoms with Gasteiger partial charge in [-0.2, -0.15) is 13.2 Å².